The molecule has 0 bridgehead atoms. The predicted molar refractivity (Wildman–Crippen MR) is 84.8 cm³/mol. The van der Waals surface area contributed by atoms with E-state index in [1.54, 1.807) is 0 Å². The fourth-order valence-electron chi connectivity index (χ4n) is 2.84. The number of esters is 2. The highest BCUT2D eigenvalue weighted by Gasteiger charge is 2.56. The summed E-state index contributed by atoms with van der Waals surface area (Å²) in [5.74, 6) is -0.941. The highest BCUT2D eigenvalue weighted by Crippen LogP contribution is 2.54. The molecule has 138 valence electrons. The van der Waals surface area contributed by atoms with Crippen molar-refractivity contribution in [2.45, 2.75) is 33.2 Å². The standard InChI is InChI=1S/C16H21FN2O6/c1-10(20)24-7-13-5-16(13,9-25-11(2)21)8-19-6-12(3-4-17)14(22)18-15(19)23/h6,13H,3-5,7-9H2,1-2H3,(H,18,22,23). The number of hydrogen-bond donors (Lipinski definition) is 1. The molecule has 0 aromatic carbocycles. The van der Waals surface area contributed by atoms with Crippen molar-refractivity contribution >= 4 is 11.9 Å². The highest BCUT2D eigenvalue weighted by atomic mass is 19.1. The topological polar surface area (TPSA) is 107 Å². The summed E-state index contributed by atoms with van der Waals surface area (Å²) in [6.07, 6.45) is 1.83. The van der Waals surface area contributed by atoms with Gasteiger partial charge in [-0.05, 0) is 6.42 Å². The third-order valence-electron chi connectivity index (χ3n) is 4.34. The Balaban J connectivity index is 2.21. The fraction of sp³-hybridized carbons (Fsp3) is 0.625. The molecule has 0 spiro atoms. The van der Waals surface area contributed by atoms with Crippen molar-refractivity contribution in [3.8, 4) is 0 Å². The molecule has 2 rings (SSSR count). The molecule has 1 N–H and O–H groups in total. The first-order chi connectivity index (χ1) is 11.8. The third-order valence-corrected chi connectivity index (χ3v) is 4.34. The van der Waals surface area contributed by atoms with Crippen molar-refractivity contribution in [3.63, 3.8) is 0 Å². The molecule has 1 aliphatic carbocycles. The zero-order valence-electron chi connectivity index (χ0n) is 14.2. The second-order valence-corrected chi connectivity index (χ2v) is 6.33. The van der Waals surface area contributed by atoms with Gasteiger partial charge in [0.2, 0.25) is 0 Å². The lowest BCUT2D eigenvalue weighted by molar-refractivity contribution is -0.145. The summed E-state index contributed by atoms with van der Waals surface area (Å²) >= 11 is 0. The largest absolute Gasteiger partial charge is 0.466 e. The van der Waals surface area contributed by atoms with Crippen LogP contribution in [0.25, 0.3) is 0 Å². The van der Waals surface area contributed by atoms with E-state index < -0.39 is 35.3 Å². The number of halogens is 1. The zero-order valence-corrected chi connectivity index (χ0v) is 14.2. The van der Waals surface area contributed by atoms with Gasteiger partial charge in [0.1, 0.15) is 0 Å². The van der Waals surface area contributed by atoms with E-state index in [9.17, 15) is 23.6 Å². The average Bonchev–Trinajstić information content (AvgIpc) is 3.21. The molecule has 1 aliphatic rings. The summed E-state index contributed by atoms with van der Waals surface area (Å²) in [4.78, 5) is 48.0. The molecular formula is C16H21FN2O6. The minimum absolute atomic E-state index is 0.0677. The van der Waals surface area contributed by atoms with Gasteiger partial charge in [-0.1, -0.05) is 0 Å². The molecule has 1 fully saturated rings. The summed E-state index contributed by atoms with van der Waals surface area (Å²) in [5, 5.41) is 0. The summed E-state index contributed by atoms with van der Waals surface area (Å²) < 4.78 is 23.9. The number of carbonyl (C=O) groups is 2. The maximum absolute atomic E-state index is 12.5. The van der Waals surface area contributed by atoms with Crippen LogP contribution in [0, 0.1) is 11.3 Å². The number of aromatic nitrogens is 2. The van der Waals surface area contributed by atoms with E-state index in [1.807, 2.05) is 0 Å². The van der Waals surface area contributed by atoms with Crippen molar-refractivity contribution in [1.29, 1.82) is 0 Å². The van der Waals surface area contributed by atoms with E-state index in [1.165, 1.54) is 24.6 Å². The third kappa shape index (κ3) is 4.77. The van der Waals surface area contributed by atoms with Gasteiger partial charge >= 0.3 is 17.6 Å². The molecule has 9 heteroatoms. The number of aryl methyl sites for hydroxylation is 1. The Bertz CT molecular complexity index is 771. The lowest BCUT2D eigenvalue weighted by Gasteiger charge is -2.19. The lowest BCUT2D eigenvalue weighted by Crippen LogP contribution is -2.35. The van der Waals surface area contributed by atoms with Gasteiger partial charge < -0.3 is 9.47 Å². The molecule has 8 nitrogen and oxygen atoms in total. The molecule has 0 aliphatic heterocycles. The number of carbonyl (C=O) groups excluding carboxylic acids is 2. The monoisotopic (exact) mass is 356 g/mol. The van der Waals surface area contributed by atoms with Crippen molar-refractivity contribution in [2.24, 2.45) is 11.3 Å². The van der Waals surface area contributed by atoms with Gasteiger partial charge in [0, 0.05) is 49.9 Å². The number of alkyl halides is 1. The minimum atomic E-state index is -0.713. The molecule has 0 radical (unpaired) electrons. The van der Waals surface area contributed by atoms with Gasteiger partial charge in [0.15, 0.2) is 0 Å². The number of H-pyrrole nitrogens is 1. The first-order valence-corrected chi connectivity index (χ1v) is 7.93. The molecule has 1 aromatic heterocycles. The van der Waals surface area contributed by atoms with E-state index in [4.69, 9.17) is 9.47 Å². The Morgan fingerprint density at radius 3 is 2.60 bits per heavy atom. The summed E-state index contributed by atoms with van der Waals surface area (Å²) in [5.41, 5.74) is -1.62. The Kier molecular flexibility index (Phi) is 5.76. The highest BCUT2D eigenvalue weighted by molar-refractivity contribution is 5.66. The van der Waals surface area contributed by atoms with Crippen molar-refractivity contribution in [3.05, 3.63) is 32.6 Å². The van der Waals surface area contributed by atoms with Gasteiger partial charge in [-0.15, -0.1) is 0 Å². The molecular weight excluding hydrogens is 335 g/mol. The minimum Gasteiger partial charge on any atom is -0.466 e. The first kappa shape index (κ1) is 18.9. The Morgan fingerprint density at radius 2 is 2.00 bits per heavy atom. The maximum Gasteiger partial charge on any atom is 0.328 e. The van der Waals surface area contributed by atoms with Crippen LogP contribution in [0.3, 0.4) is 0 Å². The van der Waals surface area contributed by atoms with Crippen molar-refractivity contribution < 1.29 is 23.5 Å². The number of aromatic amines is 1. The normalized spacial score (nSPS) is 21.6. The Labute approximate surface area is 142 Å². The summed E-state index contributed by atoms with van der Waals surface area (Å²) in [6.45, 7) is 2.26. The Morgan fingerprint density at radius 1 is 1.32 bits per heavy atom. The molecule has 2 unspecified atom stereocenters. The van der Waals surface area contributed by atoms with E-state index in [0.717, 1.165) is 0 Å². The smallest absolute Gasteiger partial charge is 0.328 e. The molecule has 0 saturated heterocycles. The molecule has 1 heterocycles. The molecule has 0 amide bonds. The van der Waals surface area contributed by atoms with Gasteiger partial charge in [-0.2, -0.15) is 0 Å². The number of nitrogens with one attached hydrogen (secondary N) is 1. The van der Waals surface area contributed by atoms with Crippen LogP contribution >= 0.6 is 0 Å². The van der Waals surface area contributed by atoms with E-state index >= 15 is 0 Å². The van der Waals surface area contributed by atoms with Crippen LogP contribution in [-0.4, -0.2) is 41.4 Å². The van der Waals surface area contributed by atoms with Gasteiger partial charge in [0.25, 0.3) is 5.56 Å². The van der Waals surface area contributed by atoms with Gasteiger partial charge in [0.05, 0.1) is 19.9 Å². The molecule has 1 aromatic rings. The molecule has 1 saturated carbocycles. The van der Waals surface area contributed by atoms with E-state index in [2.05, 4.69) is 4.98 Å². The van der Waals surface area contributed by atoms with E-state index in [-0.39, 0.29) is 37.7 Å². The predicted octanol–water partition coefficient (Wildman–Crippen LogP) is 0.181. The Hall–Kier alpha value is -2.45. The quantitative estimate of drug-likeness (QED) is 0.666. The number of ether oxygens (including phenoxy) is 2. The number of hydrogen-bond acceptors (Lipinski definition) is 6. The molecule has 2 atom stereocenters. The molecule has 25 heavy (non-hydrogen) atoms. The fourth-order valence-corrected chi connectivity index (χ4v) is 2.84. The maximum atomic E-state index is 12.5. The van der Waals surface area contributed by atoms with E-state index in [0.29, 0.717) is 6.42 Å². The van der Waals surface area contributed by atoms with Crippen LogP contribution in [0.15, 0.2) is 15.8 Å². The van der Waals surface area contributed by atoms with Crippen LogP contribution < -0.4 is 11.2 Å². The van der Waals surface area contributed by atoms with Crippen LogP contribution in [-0.2, 0) is 32.0 Å². The number of nitrogens with zero attached hydrogens (tertiary/aromatic N) is 1. The van der Waals surface area contributed by atoms with Crippen LogP contribution in [0.2, 0.25) is 0 Å². The zero-order chi connectivity index (χ0) is 18.6. The van der Waals surface area contributed by atoms with Crippen LogP contribution in [0.1, 0.15) is 25.8 Å². The van der Waals surface area contributed by atoms with Gasteiger partial charge in [-0.3, -0.25) is 28.3 Å². The van der Waals surface area contributed by atoms with Crippen molar-refractivity contribution in [1.82, 2.24) is 9.55 Å². The number of rotatable bonds is 8. The SMILES string of the molecule is CC(=O)OCC1CC1(COC(C)=O)Cn1cc(CCF)c(=O)[nH]c1=O. The van der Waals surface area contributed by atoms with Crippen LogP contribution in [0.4, 0.5) is 4.39 Å². The second kappa shape index (κ2) is 7.62. The second-order valence-electron chi connectivity index (χ2n) is 6.33. The lowest BCUT2D eigenvalue weighted by atomic mass is 10.1. The first-order valence-electron chi connectivity index (χ1n) is 7.93. The van der Waals surface area contributed by atoms with Crippen LogP contribution in [0.5, 0.6) is 0 Å². The average molecular weight is 356 g/mol. The summed E-state index contributed by atoms with van der Waals surface area (Å²) in [6, 6.07) is 0. The van der Waals surface area contributed by atoms with Crippen molar-refractivity contribution in [2.75, 3.05) is 19.9 Å². The summed E-state index contributed by atoms with van der Waals surface area (Å²) in [7, 11) is 0. The van der Waals surface area contributed by atoms with Gasteiger partial charge in [-0.25, -0.2) is 4.79 Å².